The molecule has 0 atom stereocenters. The highest BCUT2D eigenvalue weighted by atomic mass is 35.5. The number of aromatic nitrogens is 2. The van der Waals surface area contributed by atoms with Crippen molar-refractivity contribution in [3.05, 3.63) is 56.6 Å². The van der Waals surface area contributed by atoms with E-state index in [4.69, 9.17) is 22.4 Å². The molecule has 0 radical (unpaired) electrons. The summed E-state index contributed by atoms with van der Waals surface area (Å²) >= 11 is 6.22. The molecule has 0 saturated heterocycles. The van der Waals surface area contributed by atoms with E-state index in [1.807, 2.05) is 0 Å². The molecule has 0 fully saturated rings. The third-order valence-electron chi connectivity index (χ3n) is 3.99. The van der Waals surface area contributed by atoms with E-state index in [9.17, 15) is 27.9 Å². The quantitative estimate of drug-likeness (QED) is 0.489. The van der Waals surface area contributed by atoms with Crippen LogP contribution in [0.3, 0.4) is 0 Å². The molecule has 3 aromatic rings. The van der Waals surface area contributed by atoms with E-state index in [1.54, 1.807) is 0 Å². The van der Waals surface area contributed by atoms with Gasteiger partial charge in [0.2, 0.25) is 5.43 Å². The fraction of sp³-hybridized carbons (Fsp3) is 0.118. The summed E-state index contributed by atoms with van der Waals surface area (Å²) in [5, 5.41) is 19.8. The number of carboxylic acid groups (broad SMARTS) is 1. The number of hydrogen-bond donors (Lipinski definition) is 4. The summed E-state index contributed by atoms with van der Waals surface area (Å²) in [5.41, 5.74) is 2.87. The first kappa shape index (κ1) is 20.4. The van der Waals surface area contributed by atoms with Crippen LogP contribution in [0, 0.1) is 17.5 Å². The Bertz CT molecular complexity index is 1220. The van der Waals surface area contributed by atoms with Crippen LogP contribution < -0.4 is 16.5 Å². The molecule has 12 heteroatoms. The molecule has 0 aliphatic heterocycles. The van der Waals surface area contributed by atoms with E-state index >= 15 is 0 Å². The van der Waals surface area contributed by atoms with Crippen molar-refractivity contribution in [2.45, 2.75) is 0 Å². The zero-order valence-corrected chi connectivity index (χ0v) is 15.1. The molecular weight excluding hydrogens is 417 g/mol. The lowest BCUT2D eigenvalue weighted by molar-refractivity contribution is 0.0695. The number of aliphatic hydroxyl groups excluding tert-OH is 1. The molecule has 0 unspecified atom stereocenters. The molecule has 2 heterocycles. The molecule has 3 rings (SSSR count). The Morgan fingerprint density at radius 1 is 1.24 bits per heavy atom. The second kappa shape index (κ2) is 7.60. The van der Waals surface area contributed by atoms with Crippen LogP contribution in [0.4, 0.5) is 24.7 Å². The van der Waals surface area contributed by atoms with E-state index in [0.29, 0.717) is 6.07 Å². The number of pyridine rings is 2. The molecule has 2 aromatic heterocycles. The van der Waals surface area contributed by atoms with Gasteiger partial charge in [-0.25, -0.2) is 22.9 Å². The van der Waals surface area contributed by atoms with Crippen molar-refractivity contribution < 1.29 is 28.2 Å². The summed E-state index contributed by atoms with van der Waals surface area (Å²) in [4.78, 5) is 27.5. The minimum atomic E-state index is -1.67. The van der Waals surface area contributed by atoms with Crippen molar-refractivity contribution in [1.29, 1.82) is 0 Å². The van der Waals surface area contributed by atoms with E-state index < -0.39 is 56.5 Å². The maximum absolute atomic E-state index is 14.5. The molecule has 0 spiro atoms. The molecule has 0 aliphatic carbocycles. The smallest absolute Gasteiger partial charge is 0.341 e. The molecule has 0 saturated carbocycles. The van der Waals surface area contributed by atoms with E-state index in [1.165, 1.54) is 0 Å². The first-order valence-electron chi connectivity index (χ1n) is 7.94. The van der Waals surface area contributed by atoms with Gasteiger partial charge in [0.05, 0.1) is 28.2 Å². The fourth-order valence-corrected chi connectivity index (χ4v) is 3.07. The van der Waals surface area contributed by atoms with Crippen molar-refractivity contribution in [2.24, 2.45) is 0 Å². The number of carboxylic acids is 1. The molecule has 5 N–H and O–H groups in total. The van der Waals surface area contributed by atoms with Gasteiger partial charge in [0, 0.05) is 18.8 Å². The number of anilines is 2. The zero-order chi connectivity index (χ0) is 21.5. The number of nitrogens with one attached hydrogen (secondary N) is 1. The molecule has 0 bridgehead atoms. The summed E-state index contributed by atoms with van der Waals surface area (Å²) in [6.45, 7) is -0.473. The first-order chi connectivity index (χ1) is 13.7. The average Bonchev–Trinajstić information content (AvgIpc) is 2.65. The molecule has 0 aliphatic rings. The molecule has 0 amide bonds. The lowest BCUT2D eigenvalue weighted by Gasteiger charge is -2.17. The minimum Gasteiger partial charge on any atom is -0.477 e. The van der Waals surface area contributed by atoms with E-state index in [0.717, 1.165) is 16.8 Å². The Morgan fingerprint density at radius 3 is 2.55 bits per heavy atom. The van der Waals surface area contributed by atoms with Crippen LogP contribution in [0.15, 0.2) is 23.1 Å². The Morgan fingerprint density at radius 2 is 1.93 bits per heavy atom. The first-order valence-corrected chi connectivity index (χ1v) is 8.32. The predicted molar refractivity (Wildman–Crippen MR) is 99.2 cm³/mol. The van der Waals surface area contributed by atoms with Crippen LogP contribution in [0.25, 0.3) is 16.7 Å². The highest BCUT2D eigenvalue weighted by Crippen LogP contribution is 2.34. The Kier molecular flexibility index (Phi) is 5.36. The number of aromatic carboxylic acids is 1. The zero-order valence-electron chi connectivity index (χ0n) is 14.3. The molecule has 29 heavy (non-hydrogen) atoms. The van der Waals surface area contributed by atoms with Gasteiger partial charge in [-0.2, -0.15) is 0 Å². The number of nitrogens with zero attached hydrogens (tertiary/aromatic N) is 2. The van der Waals surface area contributed by atoms with Crippen LogP contribution in [-0.4, -0.2) is 38.9 Å². The standard InChI is InChI=1S/C17H12ClF3N4O4/c18-11-12(23-1-2-26)8(19)3-6-13(11)25(5-7(14(6)27)17(28)29)16-10(21)4-9(20)15(22)24-16/h3-5,23,26H,1-2H2,(H2,22,24)(H,28,29). The summed E-state index contributed by atoms with van der Waals surface area (Å²) in [5.74, 6) is -6.41. The van der Waals surface area contributed by atoms with Gasteiger partial charge in [0.15, 0.2) is 23.3 Å². The van der Waals surface area contributed by atoms with Crippen LogP contribution >= 0.6 is 11.6 Å². The van der Waals surface area contributed by atoms with Crippen molar-refractivity contribution in [3.8, 4) is 5.82 Å². The van der Waals surface area contributed by atoms with Crippen molar-refractivity contribution in [3.63, 3.8) is 0 Å². The van der Waals surface area contributed by atoms with Crippen molar-refractivity contribution >= 4 is 40.0 Å². The van der Waals surface area contributed by atoms with Gasteiger partial charge in [-0.05, 0) is 6.07 Å². The lowest BCUT2D eigenvalue weighted by Crippen LogP contribution is -2.20. The SMILES string of the molecule is Nc1nc(-n2cc(C(=O)O)c(=O)c3cc(F)c(NCCO)c(Cl)c32)c(F)cc1F. The monoisotopic (exact) mass is 428 g/mol. The van der Waals surface area contributed by atoms with Crippen LogP contribution in [-0.2, 0) is 0 Å². The highest BCUT2D eigenvalue weighted by Gasteiger charge is 2.24. The lowest BCUT2D eigenvalue weighted by atomic mass is 10.1. The molecule has 1 aromatic carbocycles. The van der Waals surface area contributed by atoms with Crippen molar-refractivity contribution in [2.75, 3.05) is 24.2 Å². The maximum atomic E-state index is 14.5. The number of nitrogens with two attached hydrogens (primary N) is 1. The van der Waals surface area contributed by atoms with Gasteiger partial charge in [0.25, 0.3) is 0 Å². The van der Waals surface area contributed by atoms with Gasteiger partial charge in [-0.3, -0.25) is 9.36 Å². The third kappa shape index (κ3) is 3.45. The van der Waals surface area contributed by atoms with Crippen LogP contribution in [0.2, 0.25) is 5.02 Å². The summed E-state index contributed by atoms with van der Waals surface area (Å²) in [7, 11) is 0. The fourth-order valence-electron chi connectivity index (χ4n) is 2.72. The van der Waals surface area contributed by atoms with E-state index in [-0.39, 0.29) is 24.4 Å². The third-order valence-corrected chi connectivity index (χ3v) is 4.36. The Balaban J connectivity index is 2.51. The highest BCUT2D eigenvalue weighted by molar-refractivity contribution is 6.38. The molecule has 8 nitrogen and oxygen atoms in total. The van der Waals surface area contributed by atoms with Crippen LogP contribution in [0.1, 0.15) is 10.4 Å². The predicted octanol–water partition coefficient (Wildman–Crippen LogP) is 2.14. The number of halogens is 4. The largest absolute Gasteiger partial charge is 0.477 e. The number of fused-ring (bicyclic) bond motifs is 1. The Labute approximate surface area is 165 Å². The van der Waals surface area contributed by atoms with Crippen LogP contribution in [0.5, 0.6) is 0 Å². The number of benzene rings is 1. The maximum Gasteiger partial charge on any atom is 0.341 e. The molecule has 152 valence electrons. The summed E-state index contributed by atoms with van der Waals surface area (Å²) in [6.07, 6.45) is 0.732. The van der Waals surface area contributed by atoms with Gasteiger partial charge in [-0.15, -0.1) is 0 Å². The summed E-state index contributed by atoms with van der Waals surface area (Å²) < 4.78 is 43.2. The normalized spacial score (nSPS) is 11.1. The van der Waals surface area contributed by atoms with E-state index in [2.05, 4.69) is 10.3 Å². The van der Waals surface area contributed by atoms with Gasteiger partial charge in [-0.1, -0.05) is 11.6 Å². The number of rotatable bonds is 5. The molecular formula is C17H12ClF3N4O4. The van der Waals surface area contributed by atoms with Gasteiger partial charge < -0.3 is 21.3 Å². The summed E-state index contributed by atoms with van der Waals surface area (Å²) in [6, 6.07) is 1.14. The van der Waals surface area contributed by atoms with Gasteiger partial charge >= 0.3 is 5.97 Å². The minimum absolute atomic E-state index is 0.101. The number of nitrogen functional groups attached to an aromatic ring is 1. The second-order valence-electron chi connectivity index (χ2n) is 5.80. The van der Waals surface area contributed by atoms with Gasteiger partial charge in [0.1, 0.15) is 11.4 Å². The number of aliphatic hydroxyl groups is 1. The average molecular weight is 429 g/mol. The topological polar surface area (TPSA) is 130 Å². The second-order valence-corrected chi connectivity index (χ2v) is 6.18. The number of carbonyl (C=O) groups is 1. The Hall–Kier alpha value is -3.31. The number of hydrogen-bond acceptors (Lipinski definition) is 6. The van der Waals surface area contributed by atoms with Crippen molar-refractivity contribution in [1.82, 2.24) is 9.55 Å².